The van der Waals surface area contributed by atoms with E-state index < -0.39 is 11.4 Å². The number of carboxylic acid groups (broad SMARTS) is 1. The highest BCUT2D eigenvalue weighted by Gasteiger charge is 2.13. The van der Waals surface area contributed by atoms with Gasteiger partial charge in [0, 0.05) is 18.1 Å². The van der Waals surface area contributed by atoms with Gasteiger partial charge in [0.05, 0.1) is 12.1 Å². The molecule has 0 aliphatic carbocycles. The van der Waals surface area contributed by atoms with Crippen molar-refractivity contribution in [2.24, 2.45) is 0 Å². The maximum Gasteiger partial charge on any atom is 0.303 e. The molecule has 0 aliphatic heterocycles. The summed E-state index contributed by atoms with van der Waals surface area (Å²) in [5.74, 6) is -1.35. The van der Waals surface area contributed by atoms with Gasteiger partial charge < -0.3 is 10.2 Å². The van der Waals surface area contributed by atoms with Gasteiger partial charge in [-0.15, -0.1) is 0 Å². The van der Waals surface area contributed by atoms with Crippen molar-refractivity contribution in [3.8, 4) is 11.3 Å². The van der Waals surface area contributed by atoms with Crippen LogP contribution in [0.5, 0.6) is 0 Å². The first-order valence-corrected chi connectivity index (χ1v) is 7.35. The number of carboxylic acids is 1. The molecule has 0 saturated heterocycles. The number of hydrogen-bond acceptors (Lipinski definition) is 5. The van der Waals surface area contributed by atoms with Gasteiger partial charge in [-0.2, -0.15) is 5.10 Å². The average molecular weight is 325 g/mol. The van der Waals surface area contributed by atoms with Crippen molar-refractivity contribution in [1.29, 1.82) is 0 Å². The molecule has 0 bridgehead atoms. The van der Waals surface area contributed by atoms with E-state index in [2.05, 4.69) is 10.1 Å². The van der Waals surface area contributed by atoms with Crippen molar-refractivity contribution >= 4 is 17.4 Å². The van der Waals surface area contributed by atoms with Gasteiger partial charge in [0.15, 0.2) is 11.1 Å². The van der Waals surface area contributed by atoms with Crippen molar-refractivity contribution in [2.75, 3.05) is 0 Å². The molecule has 0 fully saturated rings. The number of aryl methyl sites for hydroxylation is 1. The maximum atomic E-state index is 12.5. The fraction of sp³-hybridized carbons (Fsp3) is 0.176. The molecule has 2 heterocycles. The number of pyridine rings is 1. The van der Waals surface area contributed by atoms with Crippen LogP contribution in [0.2, 0.25) is 0 Å². The van der Waals surface area contributed by atoms with Crippen molar-refractivity contribution in [3.05, 3.63) is 57.7 Å². The van der Waals surface area contributed by atoms with Crippen molar-refractivity contribution < 1.29 is 15.0 Å². The number of benzene rings is 1. The summed E-state index contributed by atoms with van der Waals surface area (Å²) in [7, 11) is 0. The molecule has 3 aromatic rings. The summed E-state index contributed by atoms with van der Waals surface area (Å²) in [6, 6.07) is 8.97. The van der Waals surface area contributed by atoms with E-state index in [1.807, 2.05) is 31.2 Å². The molecule has 7 heteroatoms. The Morgan fingerprint density at radius 2 is 1.88 bits per heavy atom. The lowest BCUT2D eigenvalue weighted by molar-refractivity contribution is -0.136. The zero-order chi connectivity index (χ0) is 17.3. The van der Waals surface area contributed by atoms with Crippen LogP contribution in [0.3, 0.4) is 0 Å². The van der Waals surface area contributed by atoms with Gasteiger partial charge in [0.1, 0.15) is 17.3 Å². The van der Waals surface area contributed by atoms with E-state index in [1.54, 1.807) is 0 Å². The van der Waals surface area contributed by atoms with Crippen molar-refractivity contribution in [1.82, 2.24) is 14.6 Å². The quantitative estimate of drug-likeness (QED) is 0.749. The lowest BCUT2D eigenvalue weighted by Gasteiger charge is -2.06. The minimum Gasteiger partial charge on any atom is -0.511 e. The Kier molecular flexibility index (Phi) is 3.99. The molecule has 0 radical (unpaired) electrons. The second-order valence-corrected chi connectivity index (χ2v) is 5.47. The first-order chi connectivity index (χ1) is 11.5. The highest BCUT2D eigenvalue weighted by Crippen LogP contribution is 2.18. The second-order valence-electron chi connectivity index (χ2n) is 5.47. The molecular formula is C17H15N3O4. The normalized spacial score (nSPS) is 12.4. The molecule has 2 N–H and O–H groups in total. The van der Waals surface area contributed by atoms with Gasteiger partial charge in [0.25, 0.3) is 0 Å². The number of aliphatic carboxylic acids is 1. The predicted octanol–water partition coefficient (Wildman–Crippen LogP) is 1.31. The van der Waals surface area contributed by atoms with E-state index in [1.165, 1.54) is 16.9 Å². The topological polar surface area (TPSA) is 105 Å². The van der Waals surface area contributed by atoms with Gasteiger partial charge >= 0.3 is 5.97 Å². The van der Waals surface area contributed by atoms with Crippen LogP contribution in [0.25, 0.3) is 22.7 Å². The van der Waals surface area contributed by atoms with Crippen LogP contribution in [0.1, 0.15) is 18.4 Å². The summed E-state index contributed by atoms with van der Waals surface area (Å²) < 4.78 is 1.47. The summed E-state index contributed by atoms with van der Waals surface area (Å²) in [5.41, 5.74) is 2.23. The number of nitrogens with zero attached hydrogens (tertiary/aromatic N) is 3. The third-order valence-corrected chi connectivity index (χ3v) is 3.73. The Hall–Kier alpha value is -3.22. The summed E-state index contributed by atoms with van der Waals surface area (Å²) in [6.07, 6.45) is 0.878. The molecule has 7 nitrogen and oxygen atoms in total. The maximum absolute atomic E-state index is 12.5. The monoisotopic (exact) mass is 325 g/mol. The summed E-state index contributed by atoms with van der Waals surface area (Å²) in [4.78, 5) is 27.2. The van der Waals surface area contributed by atoms with Gasteiger partial charge in [-0.3, -0.25) is 9.59 Å². The second kappa shape index (κ2) is 6.11. The van der Waals surface area contributed by atoms with Crippen LogP contribution >= 0.6 is 0 Å². The van der Waals surface area contributed by atoms with Crippen molar-refractivity contribution in [2.45, 2.75) is 19.8 Å². The zero-order valence-electron chi connectivity index (χ0n) is 12.9. The van der Waals surface area contributed by atoms with E-state index in [-0.39, 0.29) is 29.5 Å². The molecule has 2 aromatic heterocycles. The number of rotatable bonds is 4. The number of fused-ring (bicyclic) bond motifs is 1. The number of aliphatic hydroxyl groups excluding tert-OH is 1. The highest BCUT2D eigenvalue weighted by molar-refractivity contribution is 5.69. The molecule has 0 saturated carbocycles. The summed E-state index contributed by atoms with van der Waals surface area (Å²) >= 11 is 0. The van der Waals surface area contributed by atoms with Crippen LogP contribution in [0.4, 0.5) is 0 Å². The van der Waals surface area contributed by atoms with Crippen LogP contribution in [-0.2, 0) is 4.79 Å². The Balaban J connectivity index is 2.24. The van der Waals surface area contributed by atoms with Crippen LogP contribution in [0.15, 0.2) is 41.5 Å². The smallest absolute Gasteiger partial charge is 0.303 e. The van der Waals surface area contributed by atoms with E-state index in [9.17, 15) is 14.7 Å². The summed E-state index contributed by atoms with van der Waals surface area (Å²) in [6.45, 7) is 1.96. The van der Waals surface area contributed by atoms with Crippen LogP contribution < -0.4 is 10.6 Å². The number of aromatic nitrogens is 3. The molecule has 0 atom stereocenters. The molecular weight excluding hydrogens is 310 g/mol. The molecule has 3 rings (SSSR count). The van der Waals surface area contributed by atoms with E-state index in [4.69, 9.17) is 5.11 Å². The van der Waals surface area contributed by atoms with E-state index >= 15 is 0 Å². The fourth-order valence-corrected chi connectivity index (χ4v) is 2.51. The van der Waals surface area contributed by atoms with Gasteiger partial charge in [-0.25, -0.2) is 9.50 Å². The first-order valence-electron chi connectivity index (χ1n) is 7.35. The zero-order valence-corrected chi connectivity index (χ0v) is 12.9. The van der Waals surface area contributed by atoms with Gasteiger partial charge in [0.2, 0.25) is 0 Å². The largest absolute Gasteiger partial charge is 0.511 e. The SMILES string of the molecule is Cc1ccc(-c2cc(=O)/c(=C(/O)CCC(=O)O)c3ncnn23)cc1. The highest BCUT2D eigenvalue weighted by atomic mass is 16.4. The Bertz CT molecular complexity index is 1020. The standard InChI is InChI=1S/C17H15N3O4/c1-10-2-4-11(5-3-10)12-8-14(22)16(13(21)6-7-15(23)24)17-18-9-19-20(12)17/h2-5,8-9,21H,6-7H2,1H3,(H,23,24)/b16-13-. The first kappa shape index (κ1) is 15.7. The fourth-order valence-electron chi connectivity index (χ4n) is 2.51. The molecule has 122 valence electrons. The average Bonchev–Trinajstić information content (AvgIpc) is 3.02. The van der Waals surface area contributed by atoms with Gasteiger partial charge in [-0.1, -0.05) is 29.8 Å². The third kappa shape index (κ3) is 2.83. The molecule has 0 unspecified atom stereocenters. The molecule has 1 aromatic carbocycles. The van der Waals surface area contributed by atoms with E-state index in [0.29, 0.717) is 5.69 Å². The molecule has 24 heavy (non-hydrogen) atoms. The van der Waals surface area contributed by atoms with Crippen LogP contribution in [-0.4, -0.2) is 30.8 Å². The third-order valence-electron chi connectivity index (χ3n) is 3.73. The number of hydrogen-bond donors (Lipinski definition) is 2. The Labute approximate surface area is 136 Å². The minimum absolute atomic E-state index is 0.00962. The number of carbonyl (C=O) groups is 1. The van der Waals surface area contributed by atoms with Crippen LogP contribution in [0, 0.1) is 6.92 Å². The predicted molar refractivity (Wildman–Crippen MR) is 87.6 cm³/mol. The minimum atomic E-state index is -1.05. The Morgan fingerprint density at radius 3 is 2.54 bits per heavy atom. The van der Waals surface area contributed by atoms with E-state index in [0.717, 1.165) is 11.1 Å². The van der Waals surface area contributed by atoms with Crippen molar-refractivity contribution in [3.63, 3.8) is 0 Å². The number of aliphatic hydroxyl groups is 1. The lowest BCUT2D eigenvalue weighted by Crippen LogP contribution is -2.30. The Morgan fingerprint density at radius 1 is 1.17 bits per heavy atom. The molecule has 0 aliphatic rings. The molecule has 0 amide bonds. The lowest BCUT2D eigenvalue weighted by atomic mass is 10.1. The molecule has 0 spiro atoms. The van der Waals surface area contributed by atoms with Gasteiger partial charge in [-0.05, 0) is 6.92 Å². The summed E-state index contributed by atoms with van der Waals surface area (Å²) in [5, 5.41) is 23.0.